The van der Waals surface area contributed by atoms with Crippen LogP contribution in [0.1, 0.15) is 30.1 Å². The second-order valence-electron chi connectivity index (χ2n) is 5.94. The molecule has 27 heavy (non-hydrogen) atoms. The van der Waals surface area contributed by atoms with E-state index in [-0.39, 0.29) is 11.9 Å². The summed E-state index contributed by atoms with van der Waals surface area (Å²) >= 11 is 1.80. The summed E-state index contributed by atoms with van der Waals surface area (Å²) in [4.78, 5) is 14.0. The molecular weight excluding hydrogens is 362 g/mol. The van der Waals surface area contributed by atoms with Gasteiger partial charge in [-0.3, -0.25) is 4.79 Å². The second kappa shape index (κ2) is 10.7. The average molecular weight is 390 g/mol. The number of nitrogens with one attached hydrogen (secondary N) is 1. The fraction of sp³-hybridized carbons (Fsp3) is 0.381. The molecule has 0 heterocycles. The summed E-state index contributed by atoms with van der Waals surface area (Å²) < 4.78 is 16.0. The molecule has 0 aliphatic rings. The zero-order valence-electron chi connectivity index (χ0n) is 16.3. The van der Waals surface area contributed by atoms with Crippen LogP contribution in [0.2, 0.25) is 0 Å². The lowest BCUT2D eigenvalue weighted by Crippen LogP contribution is -2.34. The molecule has 0 spiro atoms. The van der Waals surface area contributed by atoms with E-state index >= 15 is 0 Å². The first kappa shape index (κ1) is 21.0. The van der Waals surface area contributed by atoms with Gasteiger partial charge < -0.3 is 19.5 Å². The van der Waals surface area contributed by atoms with E-state index < -0.39 is 0 Å². The van der Waals surface area contributed by atoms with E-state index in [0.717, 1.165) is 18.6 Å². The summed E-state index contributed by atoms with van der Waals surface area (Å²) in [6, 6.07) is 13.7. The van der Waals surface area contributed by atoms with Crippen LogP contribution in [0.25, 0.3) is 0 Å². The minimum Gasteiger partial charge on any atom is -0.493 e. The van der Waals surface area contributed by atoms with Crippen LogP contribution in [0.3, 0.4) is 0 Å². The monoisotopic (exact) mass is 389 g/mol. The van der Waals surface area contributed by atoms with Crippen LogP contribution in [-0.2, 0) is 0 Å². The van der Waals surface area contributed by atoms with Crippen molar-refractivity contribution < 1.29 is 19.0 Å². The van der Waals surface area contributed by atoms with Crippen molar-refractivity contribution >= 4 is 17.7 Å². The number of rotatable bonds is 10. The Morgan fingerprint density at radius 1 is 1.04 bits per heavy atom. The van der Waals surface area contributed by atoms with Crippen molar-refractivity contribution in [3.8, 4) is 17.2 Å². The van der Waals surface area contributed by atoms with E-state index in [1.807, 2.05) is 18.2 Å². The standard InChI is InChI=1S/C21H27NO4S/c1-5-16(11-12-27-17-9-7-6-8-10-17)22-21(23)15-13-18(24-2)20(26-4)19(14-15)25-3/h6-10,13-14,16H,5,11-12H2,1-4H3,(H,22,23)/t16-/m1/s1. The third-order valence-corrected chi connectivity index (χ3v) is 5.28. The third kappa shape index (κ3) is 5.82. The van der Waals surface area contributed by atoms with Crippen molar-refractivity contribution in [3.05, 3.63) is 48.0 Å². The van der Waals surface area contributed by atoms with Crippen molar-refractivity contribution in [1.29, 1.82) is 0 Å². The third-order valence-electron chi connectivity index (χ3n) is 4.23. The highest BCUT2D eigenvalue weighted by atomic mass is 32.2. The van der Waals surface area contributed by atoms with E-state index in [1.54, 1.807) is 23.9 Å². The van der Waals surface area contributed by atoms with Gasteiger partial charge in [0.15, 0.2) is 11.5 Å². The summed E-state index contributed by atoms with van der Waals surface area (Å²) in [5.41, 5.74) is 0.485. The first-order valence-corrected chi connectivity index (χ1v) is 9.90. The van der Waals surface area contributed by atoms with Crippen molar-refractivity contribution in [3.63, 3.8) is 0 Å². The minimum atomic E-state index is -0.147. The van der Waals surface area contributed by atoms with Gasteiger partial charge in [0.05, 0.1) is 21.3 Å². The summed E-state index contributed by atoms with van der Waals surface area (Å²) in [6.07, 6.45) is 1.76. The quantitative estimate of drug-likeness (QED) is 0.610. The lowest BCUT2D eigenvalue weighted by molar-refractivity contribution is 0.0934. The van der Waals surface area contributed by atoms with Crippen molar-refractivity contribution in [2.45, 2.75) is 30.7 Å². The Hall–Kier alpha value is -2.34. The van der Waals surface area contributed by atoms with Gasteiger partial charge in [0, 0.05) is 16.5 Å². The molecule has 1 N–H and O–H groups in total. The maximum absolute atomic E-state index is 12.7. The molecule has 0 radical (unpaired) electrons. The van der Waals surface area contributed by atoms with Crippen molar-refractivity contribution in [2.24, 2.45) is 0 Å². The fourth-order valence-corrected chi connectivity index (χ4v) is 3.68. The summed E-state index contributed by atoms with van der Waals surface area (Å²) in [5.74, 6) is 2.20. The van der Waals surface area contributed by atoms with Crippen LogP contribution in [0.4, 0.5) is 0 Å². The van der Waals surface area contributed by atoms with Crippen LogP contribution < -0.4 is 19.5 Å². The number of thioether (sulfide) groups is 1. The normalized spacial score (nSPS) is 11.6. The molecule has 0 aromatic heterocycles. The zero-order valence-corrected chi connectivity index (χ0v) is 17.1. The molecule has 0 aliphatic heterocycles. The van der Waals surface area contributed by atoms with Crippen molar-refractivity contribution in [1.82, 2.24) is 5.32 Å². The topological polar surface area (TPSA) is 56.8 Å². The zero-order chi connectivity index (χ0) is 19.6. The van der Waals surface area contributed by atoms with Gasteiger partial charge in [-0.25, -0.2) is 0 Å². The number of methoxy groups -OCH3 is 3. The molecule has 0 fully saturated rings. The second-order valence-corrected chi connectivity index (χ2v) is 7.11. The molecular formula is C21H27NO4S. The molecule has 0 unspecified atom stereocenters. The molecule has 6 heteroatoms. The Kier molecular flexibility index (Phi) is 8.33. The number of amides is 1. The molecule has 5 nitrogen and oxygen atoms in total. The molecule has 2 aromatic carbocycles. The Morgan fingerprint density at radius 2 is 1.67 bits per heavy atom. The fourth-order valence-electron chi connectivity index (χ4n) is 2.70. The lowest BCUT2D eigenvalue weighted by Gasteiger charge is -2.18. The van der Waals surface area contributed by atoms with Gasteiger partial charge in [-0.2, -0.15) is 0 Å². The molecule has 146 valence electrons. The Labute approximate surface area is 165 Å². The van der Waals surface area contributed by atoms with E-state index in [1.165, 1.54) is 26.2 Å². The Balaban J connectivity index is 2.01. The predicted octanol–water partition coefficient (Wildman–Crippen LogP) is 4.40. The van der Waals surface area contributed by atoms with E-state index in [9.17, 15) is 4.79 Å². The summed E-state index contributed by atoms with van der Waals surface area (Å²) in [5, 5.41) is 3.11. The molecule has 0 aliphatic carbocycles. The summed E-state index contributed by atoms with van der Waals surface area (Å²) in [6.45, 7) is 2.08. The SMILES string of the molecule is CC[C@H](CCSc1ccccc1)NC(=O)c1cc(OC)c(OC)c(OC)c1. The Morgan fingerprint density at radius 3 is 2.19 bits per heavy atom. The highest BCUT2D eigenvalue weighted by molar-refractivity contribution is 7.99. The number of hydrogen-bond acceptors (Lipinski definition) is 5. The minimum absolute atomic E-state index is 0.104. The first-order valence-electron chi connectivity index (χ1n) is 8.91. The number of ether oxygens (including phenoxy) is 3. The van der Waals surface area contributed by atoms with Gasteiger partial charge in [-0.1, -0.05) is 25.1 Å². The van der Waals surface area contributed by atoms with Gasteiger partial charge >= 0.3 is 0 Å². The number of hydrogen-bond donors (Lipinski definition) is 1. The van der Waals surface area contributed by atoms with Crippen molar-refractivity contribution in [2.75, 3.05) is 27.1 Å². The van der Waals surface area contributed by atoms with E-state index in [0.29, 0.717) is 22.8 Å². The van der Waals surface area contributed by atoms with Crippen LogP contribution in [0.15, 0.2) is 47.4 Å². The average Bonchev–Trinajstić information content (AvgIpc) is 2.72. The molecule has 1 atom stereocenters. The number of carbonyl (C=O) groups is 1. The van der Waals surface area contributed by atoms with Gasteiger partial charge in [-0.05, 0) is 42.9 Å². The smallest absolute Gasteiger partial charge is 0.251 e. The molecule has 1 amide bonds. The summed E-state index contributed by atoms with van der Waals surface area (Å²) in [7, 11) is 4.61. The molecule has 2 aromatic rings. The molecule has 0 saturated carbocycles. The van der Waals surface area contributed by atoms with Crippen LogP contribution in [0.5, 0.6) is 17.2 Å². The maximum Gasteiger partial charge on any atom is 0.251 e. The molecule has 0 saturated heterocycles. The highest BCUT2D eigenvalue weighted by Crippen LogP contribution is 2.38. The van der Waals surface area contributed by atoms with E-state index in [4.69, 9.17) is 14.2 Å². The maximum atomic E-state index is 12.7. The van der Waals surface area contributed by atoms with Crippen LogP contribution in [-0.4, -0.2) is 39.0 Å². The first-order chi connectivity index (χ1) is 13.1. The van der Waals surface area contributed by atoms with E-state index in [2.05, 4.69) is 24.4 Å². The largest absolute Gasteiger partial charge is 0.493 e. The lowest BCUT2D eigenvalue weighted by atomic mass is 10.1. The van der Waals surface area contributed by atoms with Gasteiger partial charge in [-0.15, -0.1) is 11.8 Å². The molecule has 0 bridgehead atoms. The van der Waals surface area contributed by atoms with Crippen LogP contribution in [0, 0.1) is 0 Å². The predicted molar refractivity (Wildman–Crippen MR) is 109 cm³/mol. The highest BCUT2D eigenvalue weighted by Gasteiger charge is 2.18. The van der Waals surface area contributed by atoms with Gasteiger partial charge in [0.25, 0.3) is 5.91 Å². The van der Waals surface area contributed by atoms with Gasteiger partial charge in [0.2, 0.25) is 5.75 Å². The Bertz CT molecular complexity index is 711. The number of carbonyl (C=O) groups excluding carboxylic acids is 1. The molecule has 2 rings (SSSR count). The van der Waals surface area contributed by atoms with Gasteiger partial charge in [0.1, 0.15) is 0 Å². The van der Waals surface area contributed by atoms with Crippen LogP contribution >= 0.6 is 11.8 Å². The number of benzene rings is 2.